The molecule has 1 spiro atoms. The number of hydrogen-bond acceptors (Lipinski definition) is 6. The first-order valence-electron chi connectivity index (χ1n) is 8.53. The second-order valence-electron chi connectivity index (χ2n) is 7.14. The molecule has 2 heterocycles. The van der Waals surface area contributed by atoms with E-state index in [1.807, 2.05) is 0 Å². The van der Waals surface area contributed by atoms with E-state index in [1.54, 1.807) is 0 Å². The first-order valence-corrected chi connectivity index (χ1v) is 10.2. The Kier molecular flexibility index (Phi) is 4.18. The van der Waals surface area contributed by atoms with Crippen molar-refractivity contribution >= 4 is 15.6 Å². The lowest BCUT2D eigenvalue weighted by atomic mass is 9.98. The van der Waals surface area contributed by atoms with Gasteiger partial charge in [0.2, 0.25) is 5.88 Å². The monoisotopic (exact) mass is 391 g/mol. The van der Waals surface area contributed by atoms with Crippen LogP contribution in [0.15, 0.2) is 35.4 Å². The van der Waals surface area contributed by atoms with E-state index in [0.29, 0.717) is 24.2 Å². The number of carbonyl (C=O) groups is 1. The summed E-state index contributed by atoms with van der Waals surface area (Å²) in [4.78, 5) is 16.5. The SMILES string of the molecule is COc1ccc(F)cc1S(=O)(=O)Cc1cnc2c(c1)C(=O)CC1(CC1)CO2. The number of aromatic nitrogens is 1. The number of hydrogen-bond donors (Lipinski definition) is 0. The fourth-order valence-electron chi connectivity index (χ4n) is 3.29. The number of ether oxygens (including phenoxy) is 2. The highest BCUT2D eigenvalue weighted by atomic mass is 32.2. The average molecular weight is 391 g/mol. The summed E-state index contributed by atoms with van der Waals surface area (Å²) in [6.45, 7) is 0.455. The minimum Gasteiger partial charge on any atom is -0.495 e. The Morgan fingerprint density at radius 1 is 1.30 bits per heavy atom. The van der Waals surface area contributed by atoms with Gasteiger partial charge in [-0.15, -0.1) is 0 Å². The number of ketones is 1. The van der Waals surface area contributed by atoms with Gasteiger partial charge >= 0.3 is 0 Å². The largest absolute Gasteiger partial charge is 0.495 e. The summed E-state index contributed by atoms with van der Waals surface area (Å²) in [5, 5.41) is 0. The van der Waals surface area contributed by atoms with Gasteiger partial charge < -0.3 is 9.47 Å². The predicted molar refractivity (Wildman–Crippen MR) is 94.2 cm³/mol. The molecule has 4 rings (SSSR count). The molecule has 1 saturated carbocycles. The number of methoxy groups -OCH3 is 1. The van der Waals surface area contributed by atoms with Gasteiger partial charge in [0.15, 0.2) is 15.6 Å². The topological polar surface area (TPSA) is 82.6 Å². The van der Waals surface area contributed by atoms with Gasteiger partial charge in [-0.25, -0.2) is 17.8 Å². The second-order valence-corrected chi connectivity index (χ2v) is 9.10. The smallest absolute Gasteiger partial charge is 0.224 e. The highest BCUT2D eigenvalue weighted by Gasteiger charge is 2.47. The Bertz CT molecular complexity index is 1030. The Balaban J connectivity index is 1.66. The van der Waals surface area contributed by atoms with Crippen LogP contribution in [-0.4, -0.2) is 32.9 Å². The van der Waals surface area contributed by atoms with Gasteiger partial charge in [-0.1, -0.05) is 0 Å². The van der Waals surface area contributed by atoms with E-state index >= 15 is 0 Å². The molecule has 1 aromatic heterocycles. The van der Waals surface area contributed by atoms with Gasteiger partial charge in [-0.05, 0) is 42.7 Å². The van der Waals surface area contributed by atoms with E-state index in [0.717, 1.165) is 25.0 Å². The van der Waals surface area contributed by atoms with Crippen molar-refractivity contribution in [2.45, 2.75) is 29.9 Å². The van der Waals surface area contributed by atoms with Crippen LogP contribution in [0.5, 0.6) is 11.6 Å². The van der Waals surface area contributed by atoms with E-state index < -0.39 is 21.4 Å². The lowest BCUT2D eigenvalue weighted by Gasteiger charge is -2.11. The molecule has 1 aliphatic heterocycles. The number of rotatable bonds is 4. The maximum atomic E-state index is 13.6. The van der Waals surface area contributed by atoms with Crippen LogP contribution in [0.25, 0.3) is 0 Å². The average Bonchev–Trinajstić information content (AvgIpc) is 3.41. The summed E-state index contributed by atoms with van der Waals surface area (Å²) in [6, 6.07) is 4.83. The number of fused-ring (bicyclic) bond motifs is 1. The molecule has 2 aromatic rings. The van der Waals surface area contributed by atoms with Crippen LogP contribution in [0.4, 0.5) is 4.39 Å². The molecule has 6 nitrogen and oxygen atoms in total. The summed E-state index contributed by atoms with van der Waals surface area (Å²) in [6.07, 6.45) is 3.66. The first-order chi connectivity index (χ1) is 12.8. The zero-order chi connectivity index (χ0) is 19.2. The Morgan fingerprint density at radius 3 is 2.78 bits per heavy atom. The third-order valence-electron chi connectivity index (χ3n) is 5.03. The van der Waals surface area contributed by atoms with Gasteiger partial charge in [0.05, 0.1) is 25.0 Å². The molecule has 27 heavy (non-hydrogen) atoms. The predicted octanol–water partition coefficient (Wildman–Crippen LogP) is 2.95. The fourth-order valence-corrected chi connectivity index (χ4v) is 4.79. The molecule has 1 aromatic carbocycles. The third-order valence-corrected chi connectivity index (χ3v) is 6.74. The fraction of sp³-hybridized carbons (Fsp3) is 0.368. The van der Waals surface area contributed by atoms with Gasteiger partial charge in [-0.3, -0.25) is 4.79 Å². The van der Waals surface area contributed by atoms with E-state index in [9.17, 15) is 17.6 Å². The molecule has 2 aliphatic rings. The highest BCUT2D eigenvalue weighted by molar-refractivity contribution is 7.90. The lowest BCUT2D eigenvalue weighted by Crippen LogP contribution is -2.12. The molecule has 0 unspecified atom stereocenters. The van der Waals surface area contributed by atoms with Crippen LogP contribution in [0.3, 0.4) is 0 Å². The maximum absolute atomic E-state index is 13.6. The molecule has 0 bridgehead atoms. The quantitative estimate of drug-likeness (QED) is 0.797. The van der Waals surface area contributed by atoms with Crippen molar-refractivity contribution in [3.05, 3.63) is 47.4 Å². The van der Waals surface area contributed by atoms with Crippen molar-refractivity contribution in [2.75, 3.05) is 13.7 Å². The van der Waals surface area contributed by atoms with E-state index in [1.165, 1.54) is 25.4 Å². The molecule has 1 aliphatic carbocycles. The van der Waals surface area contributed by atoms with Gasteiger partial charge in [0.25, 0.3) is 0 Å². The van der Waals surface area contributed by atoms with E-state index in [-0.39, 0.29) is 27.7 Å². The van der Waals surface area contributed by atoms with Crippen LogP contribution in [0, 0.1) is 11.2 Å². The van der Waals surface area contributed by atoms with Gasteiger partial charge in [0, 0.05) is 18.0 Å². The van der Waals surface area contributed by atoms with E-state index in [4.69, 9.17) is 9.47 Å². The minimum atomic E-state index is -3.90. The highest BCUT2D eigenvalue weighted by Crippen LogP contribution is 2.51. The number of sulfone groups is 1. The van der Waals surface area contributed by atoms with Crippen molar-refractivity contribution in [2.24, 2.45) is 5.41 Å². The van der Waals surface area contributed by atoms with E-state index in [2.05, 4.69) is 4.98 Å². The second kappa shape index (κ2) is 6.30. The molecule has 0 radical (unpaired) electrons. The standard InChI is InChI=1S/C19H18FNO5S/c1-25-16-3-2-13(20)7-17(16)27(23,24)10-12-6-14-15(22)8-19(4-5-19)11-26-18(14)21-9-12/h2-3,6-7,9H,4-5,8,10-11H2,1H3. The van der Waals surface area contributed by atoms with Crippen molar-refractivity contribution in [3.8, 4) is 11.6 Å². The molecular formula is C19H18FNO5S. The normalized spacial score (nSPS) is 17.8. The van der Waals surface area contributed by atoms with Crippen molar-refractivity contribution in [1.29, 1.82) is 0 Å². The van der Waals surface area contributed by atoms with Gasteiger partial charge in [0.1, 0.15) is 16.5 Å². The number of nitrogens with zero attached hydrogens (tertiary/aromatic N) is 1. The molecule has 8 heteroatoms. The maximum Gasteiger partial charge on any atom is 0.224 e. The van der Waals surface area contributed by atoms with Crippen molar-refractivity contribution < 1.29 is 27.1 Å². The summed E-state index contributed by atoms with van der Waals surface area (Å²) in [7, 11) is -2.58. The molecular weight excluding hydrogens is 373 g/mol. The summed E-state index contributed by atoms with van der Waals surface area (Å²) in [5.74, 6) is -0.879. The molecule has 1 fully saturated rings. The lowest BCUT2D eigenvalue weighted by molar-refractivity contribution is 0.0954. The Labute approximate surface area is 156 Å². The number of Topliss-reactive ketones (excluding diaryl/α,β-unsaturated/α-hetero) is 1. The number of pyridine rings is 1. The summed E-state index contributed by atoms with van der Waals surface area (Å²) < 4.78 is 49.8. The number of benzene rings is 1. The van der Waals surface area contributed by atoms with Crippen LogP contribution in [0.2, 0.25) is 0 Å². The Hall–Kier alpha value is -2.48. The Morgan fingerprint density at radius 2 is 2.07 bits per heavy atom. The van der Waals surface area contributed by atoms with Crippen LogP contribution < -0.4 is 9.47 Å². The molecule has 0 saturated heterocycles. The minimum absolute atomic E-state index is 0.0641. The van der Waals surface area contributed by atoms with Crippen LogP contribution in [0.1, 0.15) is 35.2 Å². The van der Waals surface area contributed by atoms with Crippen LogP contribution in [-0.2, 0) is 15.6 Å². The third kappa shape index (κ3) is 3.41. The number of halogens is 1. The number of carbonyl (C=O) groups excluding carboxylic acids is 1. The molecule has 0 N–H and O–H groups in total. The van der Waals surface area contributed by atoms with Crippen molar-refractivity contribution in [3.63, 3.8) is 0 Å². The first kappa shape index (κ1) is 17.9. The summed E-state index contributed by atoms with van der Waals surface area (Å²) >= 11 is 0. The van der Waals surface area contributed by atoms with Crippen molar-refractivity contribution in [1.82, 2.24) is 4.98 Å². The zero-order valence-corrected chi connectivity index (χ0v) is 15.5. The zero-order valence-electron chi connectivity index (χ0n) is 14.7. The molecule has 142 valence electrons. The molecule has 0 atom stereocenters. The van der Waals surface area contributed by atoms with Gasteiger partial charge in [-0.2, -0.15) is 0 Å². The van der Waals surface area contributed by atoms with Crippen LogP contribution >= 0.6 is 0 Å². The molecule has 0 amide bonds. The summed E-state index contributed by atoms with van der Waals surface area (Å²) in [5.41, 5.74) is 0.556.